The third-order valence-corrected chi connectivity index (χ3v) is 2.33. The fraction of sp³-hybridized carbons (Fsp3) is 0.333. The van der Waals surface area contributed by atoms with Crippen molar-refractivity contribution in [3.8, 4) is 0 Å². The number of carboxylic acid groups (broad SMARTS) is 1. The molecule has 3 N–H and O–H groups in total. The average Bonchev–Trinajstić information content (AvgIpc) is 2.29. The molecule has 0 aromatic heterocycles. The van der Waals surface area contributed by atoms with Gasteiger partial charge in [0.05, 0.1) is 11.3 Å². The zero-order chi connectivity index (χ0) is 13.7. The van der Waals surface area contributed by atoms with E-state index in [2.05, 4.69) is 10.6 Å². The van der Waals surface area contributed by atoms with Gasteiger partial charge < -0.3 is 15.7 Å². The molecular weight excluding hydrogens is 239 g/mol. The second-order valence-corrected chi connectivity index (χ2v) is 3.88. The molecular formula is C12H15FN2O3. The predicted molar refractivity (Wildman–Crippen MR) is 65.9 cm³/mol. The molecule has 0 spiro atoms. The Morgan fingerprint density at radius 3 is 2.56 bits per heavy atom. The standard InChI is InChI=1S/C12H15FN2O3/c1-7-5-8(2)10(9(6-7)11(16)17)15-12(18)14-4-3-13/h5-6H,3-4H2,1-2H3,(H,16,17)(H2,14,15,18). The van der Waals surface area contributed by atoms with Gasteiger partial charge in [0.1, 0.15) is 6.67 Å². The van der Waals surface area contributed by atoms with E-state index in [0.29, 0.717) is 5.56 Å². The Balaban J connectivity index is 3.00. The molecule has 0 aliphatic rings. The lowest BCUT2D eigenvalue weighted by atomic mass is 10.0. The van der Waals surface area contributed by atoms with Gasteiger partial charge in [-0.2, -0.15) is 0 Å². The highest BCUT2D eigenvalue weighted by molar-refractivity contribution is 6.01. The molecule has 0 bridgehead atoms. The maximum atomic E-state index is 11.9. The molecule has 1 aromatic rings. The minimum atomic E-state index is -1.12. The zero-order valence-corrected chi connectivity index (χ0v) is 10.2. The summed E-state index contributed by atoms with van der Waals surface area (Å²) in [5.41, 5.74) is 1.68. The average molecular weight is 254 g/mol. The van der Waals surface area contributed by atoms with Crippen molar-refractivity contribution in [1.82, 2.24) is 5.32 Å². The van der Waals surface area contributed by atoms with Crippen LogP contribution in [-0.2, 0) is 0 Å². The molecule has 18 heavy (non-hydrogen) atoms. The van der Waals surface area contributed by atoms with Gasteiger partial charge in [-0.05, 0) is 31.0 Å². The molecule has 2 amide bonds. The number of urea groups is 1. The summed E-state index contributed by atoms with van der Waals surface area (Å²) in [6.45, 7) is 2.68. The number of halogens is 1. The number of nitrogens with one attached hydrogen (secondary N) is 2. The summed E-state index contributed by atoms with van der Waals surface area (Å²) in [6.07, 6.45) is 0. The number of rotatable bonds is 4. The van der Waals surface area contributed by atoms with Crippen molar-refractivity contribution in [2.24, 2.45) is 0 Å². The lowest BCUT2D eigenvalue weighted by Crippen LogP contribution is -2.31. The first-order valence-corrected chi connectivity index (χ1v) is 5.41. The van der Waals surface area contributed by atoms with Crippen LogP contribution in [0.1, 0.15) is 21.5 Å². The van der Waals surface area contributed by atoms with Crippen LogP contribution in [0.25, 0.3) is 0 Å². The summed E-state index contributed by atoms with van der Waals surface area (Å²) in [5, 5.41) is 13.8. The van der Waals surface area contributed by atoms with E-state index >= 15 is 0 Å². The van der Waals surface area contributed by atoms with Crippen LogP contribution < -0.4 is 10.6 Å². The number of benzene rings is 1. The maximum absolute atomic E-state index is 11.9. The Hall–Kier alpha value is -2.11. The van der Waals surface area contributed by atoms with Crippen molar-refractivity contribution in [2.75, 3.05) is 18.5 Å². The van der Waals surface area contributed by atoms with Gasteiger partial charge in [-0.15, -0.1) is 0 Å². The smallest absolute Gasteiger partial charge is 0.337 e. The highest BCUT2D eigenvalue weighted by Gasteiger charge is 2.15. The molecule has 0 aliphatic carbocycles. The van der Waals surface area contributed by atoms with E-state index in [4.69, 9.17) is 5.11 Å². The summed E-state index contributed by atoms with van der Waals surface area (Å²) in [5.74, 6) is -1.12. The van der Waals surface area contributed by atoms with E-state index < -0.39 is 18.7 Å². The van der Waals surface area contributed by atoms with Crippen LogP contribution in [0.15, 0.2) is 12.1 Å². The summed E-state index contributed by atoms with van der Waals surface area (Å²) in [4.78, 5) is 22.5. The van der Waals surface area contributed by atoms with Crippen molar-refractivity contribution in [3.63, 3.8) is 0 Å². The van der Waals surface area contributed by atoms with Crippen LogP contribution in [0.3, 0.4) is 0 Å². The first-order valence-electron chi connectivity index (χ1n) is 5.41. The lowest BCUT2D eigenvalue weighted by Gasteiger charge is -2.13. The van der Waals surface area contributed by atoms with Gasteiger partial charge in [0, 0.05) is 6.54 Å². The summed E-state index contributed by atoms with van der Waals surface area (Å²) < 4.78 is 11.9. The minimum absolute atomic E-state index is 0.0166. The fourth-order valence-corrected chi connectivity index (χ4v) is 1.62. The molecule has 0 saturated heterocycles. The molecule has 0 radical (unpaired) electrons. The Morgan fingerprint density at radius 2 is 2.00 bits per heavy atom. The first-order chi connectivity index (χ1) is 8.45. The molecule has 5 nitrogen and oxygen atoms in total. The number of hydrogen-bond donors (Lipinski definition) is 3. The van der Waals surface area contributed by atoms with E-state index in [1.54, 1.807) is 19.9 Å². The van der Waals surface area contributed by atoms with Crippen LogP contribution in [0.4, 0.5) is 14.9 Å². The number of carbonyl (C=O) groups excluding carboxylic acids is 1. The normalized spacial score (nSPS) is 9.94. The SMILES string of the molecule is Cc1cc(C)c(NC(=O)NCCF)c(C(=O)O)c1. The van der Waals surface area contributed by atoms with Crippen molar-refractivity contribution in [2.45, 2.75) is 13.8 Å². The second-order valence-electron chi connectivity index (χ2n) is 3.88. The second kappa shape index (κ2) is 6.00. The summed E-state index contributed by atoms with van der Waals surface area (Å²) >= 11 is 0. The van der Waals surface area contributed by atoms with Gasteiger partial charge in [-0.1, -0.05) is 6.07 Å². The number of carbonyl (C=O) groups is 2. The van der Waals surface area contributed by atoms with Gasteiger partial charge in [-0.25, -0.2) is 14.0 Å². The number of alkyl halides is 1. The molecule has 1 aromatic carbocycles. The van der Waals surface area contributed by atoms with Gasteiger partial charge in [-0.3, -0.25) is 0 Å². The largest absolute Gasteiger partial charge is 0.478 e. The molecule has 0 unspecified atom stereocenters. The van der Waals surface area contributed by atoms with E-state index in [1.165, 1.54) is 6.07 Å². The molecule has 6 heteroatoms. The molecule has 0 saturated carbocycles. The predicted octanol–water partition coefficient (Wildman–Crippen LogP) is 2.09. The number of amides is 2. The third-order valence-electron chi connectivity index (χ3n) is 2.33. The maximum Gasteiger partial charge on any atom is 0.337 e. The van der Waals surface area contributed by atoms with Crippen molar-refractivity contribution in [3.05, 3.63) is 28.8 Å². The van der Waals surface area contributed by atoms with E-state index in [0.717, 1.165) is 5.56 Å². The molecule has 0 aliphatic heterocycles. The highest BCUT2D eigenvalue weighted by atomic mass is 19.1. The van der Waals surface area contributed by atoms with Crippen molar-refractivity contribution < 1.29 is 19.1 Å². The molecule has 1 rings (SSSR count). The number of aryl methyl sites for hydroxylation is 2. The Bertz CT molecular complexity index is 475. The van der Waals surface area contributed by atoms with Crippen LogP contribution in [0.2, 0.25) is 0 Å². The lowest BCUT2D eigenvalue weighted by molar-refractivity contribution is 0.0698. The molecule has 0 fully saturated rings. The van der Waals surface area contributed by atoms with Crippen LogP contribution in [0, 0.1) is 13.8 Å². The van der Waals surface area contributed by atoms with Gasteiger partial charge in [0.2, 0.25) is 0 Å². The van der Waals surface area contributed by atoms with Crippen molar-refractivity contribution >= 4 is 17.7 Å². The molecule has 0 heterocycles. The number of carboxylic acids is 1. The van der Waals surface area contributed by atoms with Gasteiger partial charge in [0.15, 0.2) is 0 Å². The van der Waals surface area contributed by atoms with E-state index in [1.807, 2.05) is 0 Å². The van der Waals surface area contributed by atoms with Gasteiger partial charge >= 0.3 is 12.0 Å². The summed E-state index contributed by atoms with van der Waals surface area (Å²) in [6, 6.07) is 2.61. The van der Waals surface area contributed by atoms with Crippen LogP contribution in [0.5, 0.6) is 0 Å². The van der Waals surface area contributed by atoms with Crippen LogP contribution >= 0.6 is 0 Å². The number of aromatic carboxylic acids is 1. The third kappa shape index (κ3) is 3.44. The quantitative estimate of drug-likeness (QED) is 0.769. The van der Waals surface area contributed by atoms with E-state index in [-0.39, 0.29) is 17.8 Å². The fourth-order valence-electron chi connectivity index (χ4n) is 1.62. The number of hydrogen-bond acceptors (Lipinski definition) is 2. The minimum Gasteiger partial charge on any atom is -0.478 e. The van der Waals surface area contributed by atoms with E-state index in [9.17, 15) is 14.0 Å². The Morgan fingerprint density at radius 1 is 1.33 bits per heavy atom. The summed E-state index contributed by atoms with van der Waals surface area (Å²) in [7, 11) is 0. The van der Waals surface area contributed by atoms with Crippen molar-refractivity contribution in [1.29, 1.82) is 0 Å². The topological polar surface area (TPSA) is 78.4 Å². The highest BCUT2D eigenvalue weighted by Crippen LogP contribution is 2.22. The Kier molecular flexibility index (Phi) is 4.65. The monoisotopic (exact) mass is 254 g/mol. The molecule has 0 atom stereocenters. The zero-order valence-electron chi connectivity index (χ0n) is 10.2. The number of anilines is 1. The van der Waals surface area contributed by atoms with Crippen LogP contribution in [-0.4, -0.2) is 30.3 Å². The Labute approximate surface area is 104 Å². The first kappa shape index (κ1) is 14.0. The molecule has 98 valence electrons. The van der Waals surface area contributed by atoms with Gasteiger partial charge in [0.25, 0.3) is 0 Å².